The molecule has 2 rings (SSSR count). The van der Waals surface area contributed by atoms with Crippen LogP contribution in [0.25, 0.3) is 10.8 Å². The minimum atomic E-state index is 0.184. The van der Waals surface area contributed by atoms with E-state index in [0.29, 0.717) is 17.7 Å². The third-order valence-corrected chi connectivity index (χ3v) is 3.39. The van der Waals surface area contributed by atoms with Crippen molar-refractivity contribution in [2.24, 2.45) is 5.92 Å². The van der Waals surface area contributed by atoms with Gasteiger partial charge in [0.15, 0.2) is 11.0 Å². The highest BCUT2D eigenvalue weighted by Crippen LogP contribution is 2.26. The third-order valence-electron chi connectivity index (χ3n) is 3.12. The number of ether oxygens (including phenoxy) is 1. The topological polar surface area (TPSA) is 47.0 Å². The van der Waals surface area contributed by atoms with Gasteiger partial charge in [0.25, 0.3) is 0 Å². The van der Waals surface area contributed by atoms with E-state index in [1.807, 2.05) is 24.3 Å². The lowest BCUT2D eigenvalue weighted by Crippen LogP contribution is -2.31. The number of fused-ring (bicyclic) bond motifs is 1. The van der Waals surface area contributed by atoms with Gasteiger partial charge in [-0.3, -0.25) is 0 Å². The Kier molecular flexibility index (Phi) is 4.56. The van der Waals surface area contributed by atoms with E-state index in [9.17, 15) is 0 Å². The van der Waals surface area contributed by atoms with Gasteiger partial charge >= 0.3 is 0 Å². The normalized spacial score (nSPS) is 12.9. The number of aromatic nitrogens is 2. The average Bonchev–Trinajstić information content (AvgIpc) is 2.41. The summed E-state index contributed by atoms with van der Waals surface area (Å²) in [4.78, 5) is 0. The van der Waals surface area contributed by atoms with Crippen molar-refractivity contribution in [3.05, 3.63) is 29.4 Å². The number of methoxy groups -OCH3 is 1. The summed E-state index contributed by atoms with van der Waals surface area (Å²) in [5, 5.41) is 13.9. The molecule has 4 nitrogen and oxygen atoms in total. The van der Waals surface area contributed by atoms with E-state index in [-0.39, 0.29) is 6.04 Å². The number of nitrogens with zero attached hydrogens (tertiary/aromatic N) is 2. The lowest BCUT2D eigenvalue weighted by molar-refractivity contribution is 0.171. The number of hydrogen-bond donors (Lipinski definition) is 1. The second-order valence-electron chi connectivity index (χ2n) is 4.84. The van der Waals surface area contributed by atoms with Crippen LogP contribution in [0.5, 0.6) is 0 Å². The Morgan fingerprint density at radius 3 is 2.53 bits per heavy atom. The second kappa shape index (κ2) is 6.17. The molecule has 5 heteroatoms. The molecule has 0 radical (unpaired) electrons. The van der Waals surface area contributed by atoms with Crippen LogP contribution in [0.15, 0.2) is 24.3 Å². The van der Waals surface area contributed by atoms with E-state index in [4.69, 9.17) is 16.3 Å². The van der Waals surface area contributed by atoms with Crippen LogP contribution in [0.1, 0.15) is 13.8 Å². The highest BCUT2D eigenvalue weighted by molar-refractivity contribution is 6.34. The van der Waals surface area contributed by atoms with Crippen molar-refractivity contribution in [3.63, 3.8) is 0 Å². The minimum absolute atomic E-state index is 0.184. The molecule has 0 fully saturated rings. The van der Waals surface area contributed by atoms with Gasteiger partial charge in [-0.2, -0.15) is 0 Å². The first-order valence-corrected chi connectivity index (χ1v) is 6.67. The molecule has 0 spiro atoms. The predicted molar refractivity (Wildman–Crippen MR) is 78.7 cm³/mol. The first-order chi connectivity index (χ1) is 9.13. The molecular formula is C14H18ClN3O. The lowest BCUT2D eigenvalue weighted by Gasteiger charge is -2.22. The molecule has 0 saturated heterocycles. The molecule has 1 atom stereocenters. The summed E-state index contributed by atoms with van der Waals surface area (Å²) >= 11 is 6.06. The van der Waals surface area contributed by atoms with Crippen LogP contribution in [0.4, 0.5) is 5.82 Å². The molecule has 0 saturated carbocycles. The van der Waals surface area contributed by atoms with Crippen LogP contribution in [0.2, 0.25) is 5.15 Å². The lowest BCUT2D eigenvalue weighted by atomic mass is 10.1. The second-order valence-corrected chi connectivity index (χ2v) is 5.19. The summed E-state index contributed by atoms with van der Waals surface area (Å²) in [6.07, 6.45) is 0. The number of benzene rings is 1. The Morgan fingerprint density at radius 1 is 1.21 bits per heavy atom. The summed E-state index contributed by atoms with van der Waals surface area (Å²) < 4.78 is 5.24. The maximum atomic E-state index is 6.06. The van der Waals surface area contributed by atoms with E-state index in [1.165, 1.54) is 0 Å². The van der Waals surface area contributed by atoms with Gasteiger partial charge in [-0.05, 0) is 5.92 Å². The van der Waals surface area contributed by atoms with E-state index in [0.717, 1.165) is 16.6 Å². The maximum Gasteiger partial charge on any atom is 0.159 e. The SMILES string of the molecule is COCC(Nc1nnc(Cl)c2ccccc12)C(C)C. The average molecular weight is 280 g/mol. The largest absolute Gasteiger partial charge is 0.383 e. The molecule has 0 aliphatic carbocycles. The minimum Gasteiger partial charge on any atom is -0.383 e. The summed E-state index contributed by atoms with van der Waals surface area (Å²) in [6.45, 7) is 4.90. The number of halogens is 1. The summed E-state index contributed by atoms with van der Waals surface area (Å²) in [6, 6.07) is 8.02. The monoisotopic (exact) mass is 279 g/mol. The van der Waals surface area contributed by atoms with Crippen molar-refractivity contribution < 1.29 is 4.74 Å². The zero-order valence-corrected chi connectivity index (χ0v) is 12.1. The molecule has 0 amide bonds. The Balaban J connectivity index is 2.37. The fourth-order valence-corrected chi connectivity index (χ4v) is 2.14. The van der Waals surface area contributed by atoms with Gasteiger partial charge < -0.3 is 10.1 Å². The Morgan fingerprint density at radius 2 is 1.89 bits per heavy atom. The van der Waals surface area contributed by atoms with Gasteiger partial charge in [-0.25, -0.2) is 0 Å². The van der Waals surface area contributed by atoms with Crippen LogP contribution in [-0.4, -0.2) is 30.0 Å². The quantitative estimate of drug-likeness (QED) is 0.912. The maximum absolute atomic E-state index is 6.06. The smallest absolute Gasteiger partial charge is 0.159 e. The molecule has 0 aliphatic rings. The zero-order valence-electron chi connectivity index (χ0n) is 11.4. The fourth-order valence-electron chi connectivity index (χ4n) is 1.93. The van der Waals surface area contributed by atoms with Gasteiger partial charge in [0.05, 0.1) is 12.6 Å². The van der Waals surface area contributed by atoms with Crippen LogP contribution >= 0.6 is 11.6 Å². The van der Waals surface area contributed by atoms with Gasteiger partial charge in [-0.15, -0.1) is 10.2 Å². The molecular weight excluding hydrogens is 262 g/mol. The Bertz CT molecular complexity index is 559. The Labute approximate surface area is 118 Å². The number of nitrogens with one attached hydrogen (secondary N) is 1. The van der Waals surface area contributed by atoms with Crippen LogP contribution in [-0.2, 0) is 4.74 Å². The van der Waals surface area contributed by atoms with Crippen molar-refractivity contribution in [2.45, 2.75) is 19.9 Å². The molecule has 1 aromatic carbocycles. The van der Waals surface area contributed by atoms with Gasteiger partial charge in [0.2, 0.25) is 0 Å². The van der Waals surface area contributed by atoms with Crippen LogP contribution in [0.3, 0.4) is 0 Å². The van der Waals surface area contributed by atoms with Crippen molar-refractivity contribution in [3.8, 4) is 0 Å². The summed E-state index contributed by atoms with van der Waals surface area (Å²) in [5.41, 5.74) is 0. The Hall–Kier alpha value is -1.39. The number of anilines is 1. The van der Waals surface area contributed by atoms with Gasteiger partial charge in [-0.1, -0.05) is 49.7 Å². The van der Waals surface area contributed by atoms with Crippen molar-refractivity contribution in [1.82, 2.24) is 10.2 Å². The number of rotatable bonds is 5. The molecule has 0 aliphatic heterocycles. The van der Waals surface area contributed by atoms with E-state index < -0.39 is 0 Å². The first-order valence-electron chi connectivity index (χ1n) is 6.30. The number of hydrogen-bond acceptors (Lipinski definition) is 4. The molecule has 102 valence electrons. The zero-order chi connectivity index (χ0) is 13.8. The van der Waals surface area contributed by atoms with Gasteiger partial charge in [0, 0.05) is 17.9 Å². The van der Waals surface area contributed by atoms with E-state index in [1.54, 1.807) is 7.11 Å². The van der Waals surface area contributed by atoms with Crippen LogP contribution in [0, 0.1) is 5.92 Å². The van der Waals surface area contributed by atoms with E-state index >= 15 is 0 Å². The highest BCUT2D eigenvalue weighted by Gasteiger charge is 2.16. The molecule has 1 aromatic heterocycles. The van der Waals surface area contributed by atoms with Crippen molar-refractivity contribution in [2.75, 3.05) is 19.0 Å². The third kappa shape index (κ3) is 3.14. The van der Waals surface area contributed by atoms with Crippen LogP contribution < -0.4 is 5.32 Å². The summed E-state index contributed by atoms with van der Waals surface area (Å²) in [7, 11) is 1.70. The van der Waals surface area contributed by atoms with Gasteiger partial charge in [0.1, 0.15) is 0 Å². The van der Waals surface area contributed by atoms with Crippen molar-refractivity contribution >= 4 is 28.2 Å². The standard InChI is InChI=1S/C14H18ClN3O/c1-9(2)12(8-19-3)16-14-11-7-5-4-6-10(11)13(15)17-18-14/h4-7,9,12H,8H2,1-3H3,(H,16,18). The molecule has 0 bridgehead atoms. The molecule has 1 unspecified atom stereocenters. The summed E-state index contributed by atoms with van der Waals surface area (Å²) in [5.74, 6) is 1.17. The molecule has 2 aromatic rings. The highest BCUT2D eigenvalue weighted by atomic mass is 35.5. The molecule has 1 N–H and O–H groups in total. The first kappa shape index (κ1) is 14.0. The molecule has 19 heavy (non-hydrogen) atoms. The predicted octanol–water partition coefficient (Wildman–Crippen LogP) is 3.37. The molecule has 1 heterocycles. The van der Waals surface area contributed by atoms with Crippen molar-refractivity contribution in [1.29, 1.82) is 0 Å². The fraction of sp³-hybridized carbons (Fsp3) is 0.429. The van der Waals surface area contributed by atoms with E-state index in [2.05, 4.69) is 29.4 Å².